The van der Waals surface area contributed by atoms with Crippen LogP contribution < -0.4 is 5.32 Å². The lowest BCUT2D eigenvalue weighted by molar-refractivity contribution is -0.142. The fourth-order valence-corrected chi connectivity index (χ4v) is 2.14. The maximum Gasteiger partial charge on any atom is 0.350 e. The molecule has 0 heterocycles. The summed E-state index contributed by atoms with van der Waals surface area (Å²) >= 11 is 12.2. The van der Waals surface area contributed by atoms with Crippen molar-refractivity contribution < 1.29 is 19.1 Å². The highest BCUT2D eigenvalue weighted by Crippen LogP contribution is 2.31. The van der Waals surface area contributed by atoms with Gasteiger partial charge >= 0.3 is 11.9 Å². The summed E-state index contributed by atoms with van der Waals surface area (Å²) in [5, 5.41) is 12.1. The number of carbonyl (C=O) groups is 2. The molecule has 0 atom stereocenters. The first-order valence-corrected chi connectivity index (χ1v) is 8.19. The molecule has 8 heteroatoms. The van der Waals surface area contributed by atoms with E-state index in [-0.39, 0.29) is 39.1 Å². The smallest absolute Gasteiger partial charge is 0.350 e. The largest absolute Gasteiger partial charge is 0.459 e. The molecule has 0 saturated carbocycles. The van der Waals surface area contributed by atoms with Gasteiger partial charge in [0.2, 0.25) is 0 Å². The van der Waals surface area contributed by atoms with Crippen LogP contribution >= 0.6 is 23.2 Å². The summed E-state index contributed by atoms with van der Waals surface area (Å²) in [5.41, 5.74) is 0.0630. The summed E-state index contributed by atoms with van der Waals surface area (Å²) in [6, 6.07) is 4.56. The second kappa shape index (κ2) is 9.30. The zero-order chi connectivity index (χ0) is 19.1. The van der Waals surface area contributed by atoms with E-state index in [1.165, 1.54) is 12.1 Å². The molecule has 0 fully saturated rings. The Morgan fingerprint density at radius 1 is 1.16 bits per heavy atom. The van der Waals surface area contributed by atoms with Gasteiger partial charge in [0.25, 0.3) is 0 Å². The van der Waals surface area contributed by atoms with E-state index in [4.69, 9.17) is 37.9 Å². The average Bonchev–Trinajstić information content (AvgIpc) is 2.49. The van der Waals surface area contributed by atoms with Crippen LogP contribution in [0.3, 0.4) is 0 Å². The minimum atomic E-state index is -0.775. The number of benzene rings is 1. The number of anilines is 1. The Morgan fingerprint density at radius 2 is 1.76 bits per heavy atom. The Bertz CT molecular complexity index is 737. The van der Waals surface area contributed by atoms with Crippen molar-refractivity contribution in [2.45, 2.75) is 39.9 Å². The first-order valence-electron chi connectivity index (χ1n) is 7.43. The number of nitrogens with one attached hydrogen (secondary N) is 1. The monoisotopic (exact) mass is 384 g/mol. The van der Waals surface area contributed by atoms with E-state index in [1.807, 2.05) is 0 Å². The Balaban J connectivity index is 3.12. The van der Waals surface area contributed by atoms with Gasteiger partial charge < -0.3 is 14.8 Å². The van der Waals surface area contributed by atoms with Crippen LogP contribution in [0.4, 0.5) is 5.69 Å². The van der Waals surface area contributed by atoms with E-state index >= 15 is 0 Å². The molecule has 0 aliphatic carbocycles. The molecule has 1 N–H and O–H groups in total. The van der Waals surface area contributed by atoms with Crippen molar-refractivity contribution >= 4 is 40.8 Å². The highest BCUT2D eigenvalue weighted by Gasteiger charge is 2.18. The number of carbonyl (C=O) groups excluding carboxylic acids is 2. The standard InChI is InChI=1S/C17H18Cl2N2O4/c1-9(2)24-16(22)11(7-20)8-21-14-6-12(18)5-13(15(14)19)17(23)25-10(3)4/h5-6,8-10,21H,1-4H3. The lowest BCUT2D eigenvalue weighted by atomic mass is 10.2. The van der Waals surface area contributed by atoms with Gasteiger partial charge in [0.05, 0.1) is 28.5 Å². The van der Waals surface area contributed by atoms with E-state index in [0.29, 0.717) is 0 Å². The second-order valence-corrected chi connectivity index (χ2v) is 6.35. The number of ether oxygens (including phenoxy) is 2. The zero-order valence-electron chi connectivity index (χ0n) is 14.2. The highest BCUT2D eigenvalue weighted by molar-refractivity contribution is 6.38. The van der Waals surface area contributed by atoms with Crippen LogP contribution in [-0.2, 0) is 14.3 Å². The summed E-state index contributed by atoms with van der Waals surface area (Å²) in [7, 11) is 0. The van der Waals surface area contributed by atoms with E-state index < -0.39 is 11.9 Å². The number of rotatable bonds is 6. The van der Waals surface area contributed by atoms with Gasteiger partial charge in [-0.05, 0) is 39.8 Å². The molecule has 25 heavy (non-hydrogen) atoms. The van der Waals surface area contributed by atoms with Gasteiger partial charge in [0, 0.05) is 11.2 Å². The lowest BCUT2D eigenvalue weighted by Crippen LogP contribution is -2.14. The van der Waals surface area contributed by atoms with Crippen molar-refractivity contribution in [3.63, 3.8) is 0 Å². The van der Waals surface area contributed by atoms with Crippen LogP contribution in [0, 0.1) is 11.3 Å². The summed E-state index contributed by atoms with van der Waals surface area (Å²) in [6.07, 6.45) is 0.450. The topological polar surface area (TPSA) is 88.4 Å². The quantitative estimate of drug-likeness (QED) is 0.446. The molecule has 1 aromatic carbocycles. The molecule has 0 saturated heterocycles. The van der Waals surface area contributed by atoms with E-state index in [0.717, 1.165) is 6.20 Å². The van der Waals surface area contributed by atoms with E-state index in [2.05, 4.69) is 5.32 Å². The molecule has 0 aliphatic rings. The number of halogens is 2. The lowest BCUT2D eigenvalue weighted by Gasteiger charge is -2.13. The van der Waals surface area contributed by atoms with Gasteiger partial charge in [-0.1, -0.05) is 23.2 Å². The second-order valence-electron chi connectivity index (χ2n) is 5.54. The average molecular weight is 385 g/mol. The molecule has 1 rings (SSSR count). The van der Waals surface area contributed by atoms with Gasteiger partial charge in [-0.25, -0.2) is 9.59 Å². The third kappa shape index (κ3) is 6.29. The molecular weight excluding hydrogens is 367 g/mol. The molecule has 0 spiro atoms. The number of nitriles is 1. The molecule has 0 radical (unpaired) electrons. The number of nitrogens with zero attached hydrogens (tertiary/aromatic N) is 1. The van der Waals surface area contributed by atoms with Gasteiger partial charge in [-0.2, -0.15) is 5.26 Å². The third-order valence-electron chi connectivity index (χ3n) is 2.66. The third-order valence-corrected chi connectivity index (χ3v) is 3.28. The van der Waals surface area contributed by atoms with Crippen LogP contribution in [0.15, 0.2) is 23.9 Å². The highest BCUT2D eigenvalue weighted by atomic mass is 35.5. The van der Waals surface area contributed by atoms with Crippen molar-refractivity contribution in [3.8, 4) is 6.07 Å². The maximum absolute atomic E-state index is 12.1. The SMILES string of the molecule is CC(C)OC(=O)C(C#N)=CNc1cc(Cl)cc(C(=O)OC(C)C)c1Cl. The fourth-order valence-electron chi connectivity index (χ4n) is 1.68. The summed E-state index contributed by atoms with van der Waals surface area (Å²) in [6.45, 7) is 6.75. The van der Waals surface area contributed by atoms with Crippen LogP contribution in [0.2, 0.25) is 10.0 Å². The Hall–Kier alpha value is -2.23. The van der Waals surface area contributed by atoms with Crippen molar-refractivity contribution in [1.29, 1.82) is 5.26 Å². The van der Waals surface area contributed by atoms with Gasteiger partial charge in [-0.3, -0.25) is 0 Å². The van der Waals surface area contributed by atoms with Crippen molar-refractivity contribution in [1.82, 2.24) is 0 Å². The van der Waals surface area contributed by atoms with Crippen molar-refractivity contribution in [2.24, 2.45) is 0 Å². The van der Waals surface area contributed by atoms with E-state index in [1.54, 1.807) is 33.8 Å². The van der Waals surface area contributed by atoms with E-state index in [9.17, 15) is 9.59 Å². The van der Waals surface area contributed by atoms with Crippen LogP contribution in [0.5, 0.6) is 0 Å². The Labute approximate surface area is 156 Å². The Kier molecular flexibility index (Phi) is 7.75. The minimum Gasteiger partial charge on any atom is -0.459 e. The first kappa shape index (κ1) is 20.8. The molecule has 0 aliphatic heterocycles. The first-order chi connectivity index (χ1) is 11.6. The molecule has 134 valence electrons. The van der Waals surface area contributed by atoms with Crippen molar-refractivity contribution in [2.75, 3.05) is 5.32 Å². The van der Waals surface area contributed by atoms with Crippen LogP contribution in [0.1, 0.15) is 38.1 Å². The molecule has 0 aromatic heterocycles. The predicted molar refractivity (Wildman–Crippen MR) is 95.6 cm³/mol. The fraction of sp³-hybridized carbons (Fsp3) is 0.353. The number of hydrogen-bond acceptors (Lipinski definition) is 6. The maximum atomic E-state index is 12.1. The molecule has 1 aromatic rings. The van der Waals surface area contributed by atoms with Crippen molar-refractivity contribution in [3.05, 3.63) is 39.5 Å². The Morgan fingerprint density at radius 3 is 2.28 bits per heavy atom. The number of hydrogen-bond donors (Lipinski definition) is 1. The molecular formula is C17H18Cl2N2O4. The number of esters is 2. The molecule has 0 amide bonds. The van der Waals surface area contributed by atoms with Crippen LogP contribution in [0.25, 0.3) is 0 Å². The normalized spacial score (nSPS) is 11.2. The zero-order valence-corrected chi connectivity index (χ0v) is 15.7. The molecule has 6 nitrogen and oxygen atoms in total. The predicted octanol–water partition coefficient (Wildman–Crippen LogP) is 4.33. The molecule has 0 bridgehead atoms. The summed E-state index contributed by atoms with van der Waals surface area (Å²) < 4.78 is 10.1. The van der Waals surface area contributed by atoms with Gasteiger partial charge in [-0.15, -0.1) is 0 Å². The molecule has 0 unspecified atom stereocenters. The van der Waals surface area contributed by atoms with Crippen LogP contribution in [-0.4, -0.2) is 24.1 Å². The van der Waals surface area contributed by atoms with Gasteiger partial charge in [0.1, 0.15) is 6.07 Å². The minimum absolute atomic E-state index is 0.0563. The summed E-state index contributed by atoms with van der Waals surface area (Å²) in [5.74, 6) is -1.41. The summed E-state index contributed by atoms with van der Waals surface area (Å²) in [4.78, 5) is 23.8. The van der Waals surface area contributed by atoms with Gasteiger partial charge in [0.15, 0.2) is 5.57 Å².